The van der Waals surface area contributed by atoms with Gasteiger partial charge in [0.15, 0.2) is 6.61 Å². The fourth-order valence-electron chi connectivity index (χ4n) is 3.26. The summed E-state index contributed by atoms with van der Waals surface area (Å²) in [5, 5.41) is 0.0804. The Balaban J connectivity index is 1.52. The van der Waals surface area contributed by atoms with Crippen molar-refractivity contribution < 1.29 is 27.1 Å². The number of para-hydroxylation sites is 1. The van der Waals surface area contributed by atoms with Gasteiger partial charge in [-0.25, -0.2) is 17.5 Å². The molecule has 1 aliphatic heterocycles. The number of halogens is 2. The summed E-state index contributed by atoms with van der Waals surface area (Å²) < 4.78 is 51.2. The number of nitrogens with zero attached hydrogens (tertiary/aromatic N) is 2. The third-order valence-electron chi connectivity index (χ3n) is 4.99. The number of benzene rings is 2. The molecule has 174 valence electrons. The number of carbonyl (C=O) groups excluding carboxylic acids is 1. The lowest BCUT2D eigenvalue weighted by Gasteiger charge is -2.36. The van der Waals surface area contributed by atoms with Crippen LogP contribution < -0.4 is 14.4 Å². The van der Waals surface area contributed by atoms with Crippen molar-refractivity contribution in [3.8, 4) is 5.75 Å². The van der Waals surface area contributed by atoms with E-state index in [0.717, 1.165) is 0 Å². The van der Waals surface area contributed by atoms with Crippen LogP contribution in [-0.4, -0.2) is 72.3 Å². The molecule has 0 atom stereocenters. The highest BCUT2D eigenvalue weighted by Gasteiger charge is 2.23. The molecule has 1 amide bonds. The lowest BCUT2D eigenvalue weighted by atomic mass is 10.2. The summed E-state index contributed by atoms with van der Waals surface area (Å²) >= 11 is 6.16. The number of amides is 1. The first-order chi connectivity index (χ1) is 15.3. The summed E-state index contributed by atoms with van der Waals surface area (Å²) in [6, 6.07) is 10.6. The minimum atomic E-state index is -3.73. The number of nitrogens with one attached hydrogen (secondary N) is 1. The Bertz CT molecular complexity index is 1050. The smallest absolute Gasteiger partial charge is 0.260 e. The van der Waals surface area contributed by atoms with Crippen molar-refractivity contribution in [1.29, 1.82) is 0 Å². The van der Waals surface area contributed by atoms with Crippen molar-refractivity contribution in [2.24, 2.45) is 0 Å². The van der Waals surface area contributed by atoms with Gasteiger partial charge in [-0.05, 0) is 30.3 Å². The Morgan fingerprint density at radius 1 is 1.16 bits per heavy atom. The predicted molar refractivity (Wildman–Crippen MR) is 119 cm³/mol. The molecule has 0 spiro atoms. The van der Waals surface area contributed by atoms with Gasteiger partial charge in [-0.1, -0.05) is 23.7 Å². The predicted octanol–water partition coefficient (Wildman–Crippen LogP) is 2.13. The quantitative estimate of drug-likeness (QED) is 0.547. The second kappa shape index (κ2) is 11.0. The van der Waals surface area contributed by atoms with E-state index in [9.17, 15) is 17.6 Å². The van der Waals surface area contributed by atoms with Gasteiger partial charge >= 0.3 is 0 Å². The molecule has 0 saturated carbocycles. The molecule has 1 N–H and O–H groups in total. The molecule has 0 aromatic heterocycles. The number of carbonyl (C=O) groups is 1. The summed E-state index contributed by atoms with van der Waals surface area (Å²) in [4.78, 5) is 16.0. The van der Waals surface area contributed by atoms with Gasteiger partial charge in [-0.2, -0.15) is 0 Å². The van der Waals surface area contributed by atoms with Crippen molar-refractivity contribution in [1.82, 2.24) is 9.62 Å². The van der Waals surface area contributed by atoms with Crippen LogP contribution in [0.25, 0.3) is 0 Å². The Morgan fingerprint density at radius 2 is 1.88 bits per heavy atom. The number of ether oxygens (including phenoxy) is 2. The molecule has 0 aliphatic carbocycles. The highest BCUT2D eigenvalue weighted by Crippen LogP contribution is 2.27. The molecule has 2 aromatic carbocycles. The maximum atomic E-state index is 14.0. The Hall–Kier alpha value is -2.40. The summed E-state index contributed by atoms with van der Waals surface area (Å²) in [5.74, 6) is -0.308. The summed E-state index contributed by atoms with van der Waals surface area (Å²) in [6.45, 7) is 2.03. The zero-order valence-electron chi connectivity index (χ0n) is 17.6. The number of anilines is 1. The van der Waals surface area contributed by atoms with Crippen LogP contribution in [0.1, 0.15) is 0 Å². The highest BCUT2D eigenvalue weighted by molar-refractivity contribution is 7.89. The number of methoxy groups -OCH3 is 1. The van der Waals surface area contributed by atoms with Crippen molar-refractivity contribution in [2.45, 2.75) is 4.90 Å². The number of rotatable bonds is 9. The van der Waals surface area contributed by atoms with E-state index in [2.05, 4.69) is 4.72 Å². The van der Waals surface area contributed by atoms with E-state index in [1.165, 1.54) is 31.4 Å². The van der Waals surface area contributed by atoms with Gasteiger partial charge in [-0.15, -0.1) is 0 Å². The Morgan fingerprint density at radius 3 is 2.53 bits per heavy atom. The van der Waals surface area contributed by atoms with Crippen LogP contribution in [0.2, 0.25) is 5.02 Å². The molecule has 0 bridgehead atoms. The number of hydrogen-bond donors (Lipinski definition) is 1. The fraction of sp³-hybridized carbons (Fsp3) is 0.381. The molecule has 0 radical (unpaired) electrons. The van der Waals surface area contributed by atoms with Crippen LogP contribution in [0, 0.1) is 5.82 Å². The lowest BCUT2D eigenvalue weighted by molar-refractivity contribution is -0.133. The Labute approximate surface area is 191 Å². The standard InChI is InChI=1S/C21H25ClFN3O5S/c1-30-13-8-24-32(28,29)16-6-7-20(17(22)14-16)31-15-21(27)26-11-9-25(10-12-26)19-5-3-2-4-18(19)23/h2-7,14,24H,8-13,15H2,1H3. The average molecular weight is 486 g/mol. The van der Waals surface area contributed by atoms with Gasteiger partial charge in [0.1, 0.15) is 11.6 Å². The van der Waals surface area contributed by atoms with Crippen molar-refractivity contribution in [3.05, 3.63) is 53.3 Å². The minimum absolute atomic E-state index is 0.0125. The van der Waals surface area contributed by atoms with E-state index < -0.39 is 10.0 Å². The van der Waals surface area contributed by atoms with Gasteiger partial charge in [-0.3, -0.25) is 4.79 Å². The van der Waals surface area contributed by atoms with E-state index in [4.69, 9.17) is 21.1 Å². The van der Waals surface area contributed by atoms with Crippen LogP contribution in [0.15, 0.2) is 47.4 Å². The molecular formula is C21H25ClFN3O5S. The largest absolute Gasteiger partial charge is 0.482 e. The number of piperazine rings is 1. The maximum Gasteiger partial charge on any atom is 0.260 e. The first-order valence-corrected chi connectivity index (χ1v) is 11.9. The van der Waals surface area contributed by atoms with Gasteiger partial charge in [0, 0.05) is 39.8 Å². The molecule has 1 heterocycles. The second-order valence-electron chi connectivity index (χ2n) is 7.09. The molecular weight excluding hydrogens is 461 g/mol. The van der Waals surface area contributed by atoms with E-state index in [1.54, 1.807) is 23.1 Å². The molecule has 1 saturated heterocycles. The normalized spacial score (nSPS) is 14.5. The van der Waals surface area contributed by atoms with Crippen LogP contribution in [0.3, 0.4) is 0 Å². The Kier molecular flexibility index (Phi) is 8.30. The first kappa shape index (κ1) is 24.2. The van der Waals surface area contributed by atoms with Crippen LogP contribution >= 0.6 is 11.6 Å². The molecule has 8 nitrogen and oxygen atoms in total. The van der Waals surface area contributed by atoms with Gasteiger partial charge in [0.25, 0.3) is 5.91 Å². The second-order valence-corrected chi connectivity index (χ2v) is 9.26. The van der Waals surface area contributed by atoms with Crippen LogP contribution in [0.5, 0.6) is 5.75 Å². The molecule has 3 rings (SSSR count). The van der Waals surface area contributed by atoms with Crippen molar-refractivity contribution >= 4 is 33.2 Å². The highest BCUT2D eigenvalue weighted by atomic mass is 35.5. The van der Waals surface area contributed by atoms with Crippen molar-refractivity contribution in [3.63, 3.8) is 0 Å². The van der Waals surface area contributed by atoms with Gasteiger partial charge in [0.05, 0.1) is 22.2 Å². The zero-order valence-corrected chi connectivity index (χ0v) is 19.2. The van der Waals surface area contributed by atoms with Gasteiger partial charge < -0.3 is 19.3 Å². The van der Waals surface area contributed by atoms with E-state index in [0.29, 0.717) is 31.9 Å². The summed E-state index contributed by atoms with van der Waals surface area (Å²) in [7, 11) is -2.25. The van der Waals surface area contributed by atoms with E-state index in [-0.39, 0.29) is 47.2 Å². The summed E-state index contributed by atoms with van der Waals surface area (Å²) in [6.07, 6.45) is 0. The summed E-state index contributed by atoms with van der Waals surface area (Å²) in [5.41, 5.74) is 0.523. The molecule has 1 aliphatic rings. The monoisotopic (exact) mass is 485 g/mol. The molecule has 32 heavy (non-hydrogen) atoms. The van der Waals surface area contributed by atoms with Crippen LogP contribution in [0.4, 0.5) is 10.1 Å². The minimum Gasteiger partial charge on any atom is -0.482 e. The van der Waals surface area contributed by atoms with E-state index >= 15 is 0 Å². The fourth-order valence-corrected chi connectivity index (χ4v) is 4.60. The average Bonchev–Trinajstić information content (AvgIpc) is 2.78. The topological polar surface area (TPSA) is 88.2 Å². The molecule has 11 heteroatoms. The third-order valence-corrected chi connectivity index (χ3v) is 6.74. The third kappa shape index (κ3) is 6.10. The number of sulfonamides is 1. The van der Waals surface area contributed by atoms with Crippen LogP contribution in [-0.2, 0) is 19.6 Å². The number of hydrogen-bond acceptors (Lipinski definition) is 6. The molecule has 0 unspecified atom stereocenters. The molecule has 2 aromatic rings. The SMILES string of the molecule is COCCNS(=O)(=O)c1ccc(OCC(=O)N2CCN(c3ccccc3F)CC2)c(Cl)c1. The van der Waals surface area contributed by atoms with E-state index in [1.807, 2.05) is 4.90 Å². The van der Waals surface area contributed by atoms with Gasteiger partial charge in [0.2, 0.25) is 10.0 Å². The first-order valence-electron chi connectivity index (χ1n) is 10.00. The zero-order chi connectivity index (χ0) is 23.1. The molecule has 1 fully saturated rings. The lowest BCUT2D eigenvalue weighted by Crippen LogP contribution is -2.50. The van der Waals surface area contributed by atoms with Crippen molar-refractivity contribution in [2.75, 3.05) is 57.9 Å². The maximum absolute atomic E-state index is 14.0.